The number of carbonyl (C=O) groups excluding carboxylic acids is 1. The van der Waals surface area contributed by atoms with Gasteiger partial charge in [-0.1, -0.05) is 18.2 Å². The molecule has 1 aliphatic heterocycles. The second kappa shape index (κ2) is 8.74. The van der Waals surface area contributed by atoms with E-state index in [9.17, 15) is 14.9 Å². The molecule has 0 N–H and O–H groups in total. The van der Waals surface area contributed by atoms with Gasteiger partial charge in [0.1, 0.15) is 12.4 Å². The van der Waals surface area contributed by atoms with Crippen molar-refractivity contribution in [1.82, 2.24) is 14.5 Å². The molecular weight excluding hydrogens is 402 g/mol. The molecule has 0 atom stereocenters. The molecule has 0 aliphatic carbocycles. The molecule has 2 aromatic carbocycles. The summed E-state index contributed by atoms with van der Waals surface area (Å²) >= 11 is 1.68. The molecule has 4 rings (SSSR count). The second-order valence-electron chi connectivity index (χ2n) is 7.18. The van der Waals surface area contributed by atoms with Crippen molar-refractivity contribution in [1.29, 1.82) is 0 Å². The lowest BCUT2D eigenvalue weighted by atomic mass is 10.2. The third-order valence-corrected chi connectivity index (χ3v) is 5.89. The molecule has 8 nitrogen and oxygen atoms in total. The van der Waals surface area contributed by atoms with Crippen molar-refractivity contribution in [2.75, 3.05) is 37.3 Å². The number of thioether (sulfide) groups is 1. The summed E-state index contributed by atoms with van der Waals surface area (Å²) < 4.78 is 2.01. The van der Waals surface area contributed by atoms with Crippen LogP contribution < -0.4 is 4.90 Å². The topological polar surface area (TPSA) is 84.5 Å². The first-order valence-corrected chi connectivity index (χ1v) is 11.2. The smallest absolute Gasteiger partial charge is 0.271 e. The Morgan fingerprint density at radius 2 is 1.90 bits per heavy atom. The lowest BCUT2D eigenvalue weighted by Crippen LogP contribution is -2.49. The molecule has 0 unspecified atom stereocenters. The van der Waals surface area contributed by atoms with E-state index in [1.165, 1.54) is 6.07 Å². The van der Waals surface area contributed by atoms with Crippen molar-refractivity contribution in [2.24, 2.45) is 0 Å². The quantitative estimate of drug-likeness (QED) is 0.446. The lowest BCUT2D eigenvalue weighted by Gasteiger charge is -2.36. The lowest BCUT2D eigenvalue weighted by molar-refractivity contribution is -0.384. The number of imidazole rings is 1. The molecule has 0 radical (unpaired) electrons. The zero-order valence-corrected chi connectivity index (χ0v) is 17.5. The Kier molecular flexibility index (Phi) is 5.89. The minimum Gasteiger partial charge on any atom is -0.368 e. The normalized spacial score (nSPS) is 14.3. The SMILES string of the molecule is CSCc1nc2ccccc2n1CC(=O)N1CCN(c2cccc([N+](=O)[O-])c2)CC1. The molecule has 0 bridgehead atoms. The van der Waals surface area contributed by atoms with Gasteiger partial charge >= 0.3 is 0 Å². The summed E-state index contributed by atoms with van der Waals surface area (Å²) in [4.78, 5) is 32.3. The van der Waals surface area contributed by atoms with Crippen LogP contribution in [0.4, 0.5) is 11.4 Å². The van der Waals surface area contributed by atoms with Crippen LogP contribution in [0.25, 0.3) is 11.0 Å². The molecule has 1 aliphatic rings. The molecule has 3 aromatic rings. The van der Waals surface area contributed by atoms with Gasteiger partial charge in [-0.15, -0.1) is 0 Å². The van der Waals surface area contributed by atoms with E-state index >= 15 is 0 Å². The number of nitro benzene ring substituents is 1. The van der Waals surface area contributed by atoms with E-state index in [1.54, 1.807) is 23.9 Å². The fourth-order valence-electron chi connectivity index (χ4n) is 3.79. The summed E-state index contributed by atoms with van der Waals surface area (Å²) in [5.74, 6) is 1.73. The average molecular weight is 426 g/mol. The van der Waals surface area contributed by atoms with Gasteiger partial charge in [0.15, 0.2) is 0 Å². The van der Waals surface area contributed by atoms with Crippen LogP contribution in [0.5, 0.6) is 0 Å². The predicted molar refractivity (Wildman–Crippen MR) is 119 cm³/mol. The first-order chi connectivity index (χ1) is 14.6. The summed E-state index contributed by atoms with van der Waals surface area (Å²) in [7, 11) is 0. The molecule has 1 saturated heterocycles. The number of para-hydroxylation sites is 2. The highest BCUT2D eigenvalue weighted by Crippen LogP contribution is 2.23. The summed E-state index contributed by atoms with van der Waals surface area (Å²) in [5.41, 5.74) is 2.79. The number of hydrogen-bond donors (Lipinski definition) is 0. The minimum atomic E-state index is -0.384. The number of anilines is 1. The van der Waals surface area contributed by atoms with Crippen molar-refractivity contribution >= 4 is 40.1 Å². The highest BCUT2D eigenvalue weighted by atomic mass is 32.2. The molecule has 1 fully saturated rings. The van der Waals surface area contributed by atoms with E-state index in [2.05, 4.69) is 9.88 Å². The Labute approximate surface area is 178 Å². The minimum absolute atomic E-state index is 0.0687. The number of nitrogens with zero attached hydrogens (tertiary/aromatic N) is 5. The molecule has 0 saturated carbocycles. The fraction of sp³-hybridized carbons (Fsp3) is 0.333. The number of piperazine rings is 1. The van der Waals surface area contributed by atoms with Crippen LogP contribution in [-0.4, -0.2) is 57.7 Å². The van der Waals surface area contributed by atoms with Gasteiger partial charge in [0.2, 0.25) is 5.91 Å². The number of benzene rings is 2. The van der Waals surface area contributed by atoms with Crippen molar-refractivity contribution < 1.29 is 9.72 Å². The van der Waals surface area contributed by atoms with Gasteiger partial charge in [-0.3, -0.25) is 14.9 Å². The number of non-ortho nitro benzene ring substituents is 1. The summed E-state index contributed by atoms with van der Waals surface area (Å²) in [6.07, 6.45) is 2.03. The monoisotopic (exact) mass is 425 g/mol. The molecule has 1 aromatic heterocycles. The molecule has 30 heavy (non-hydrogen) atoms. The molecular formula is C21H23N5O3S. The van der Waals surface area contributed by atoms with E-state index < -0.39 is 0 Å². The Morgan fingerprint density at radius 1 is 1.13 bits per heavy atom. The van der Waals surface area contributed by atoms with Crippen LogP contribution >= 0.6 is 11.8 Å². The maximum absolute atomic E-state index is 13.0. The molecule has 9 heteroatoms. The second-order valence-corrected chi connectivity index (χ2v) is 8.05. The van der Waals surface area contributed by atoms with E-state index in [-0.39, 0.29) is 23.1 Å². The Balaban J connectivity index is 1.44. The zero-order chi connectivity index (χ0) is 21.1. The number of amides is 1. The average Bonchev–Trinajstić information content (AvgIpc) is 3.11. The van der Waals surface area contributed by atoms with Gasteiger partial charge in [-0.2, -0.15) is 11.8 Å². The van der Waals surface area contributed by atoms with Crippen LogP contribution in [0.15, 0.2) is 48.5 Å². The first kappa shape index (κ1) is 20.2. The van der Waals surface area contributed by atoms with Gasteiger partial charge in [0.05, 0.1) is 21.7 Å². The largest absolute Gasteiger partial charge is 0.368 e. The zero-order valence-electron chi connectivity index (χ0n) is 16.7. The van der Waals surface area contributed by atoms with Gasteiger partial charge < -0.3 is 14.4 Å². The maximum Gasteiger partial charge on any atom is 0.271 e. The van der Waals surface area contributed by atoms with Gasteiger partial charge in [0.25, 0.3) is 5.69 Å². The number of aromatic nitrogens is 2. The number of hydrogen-bond acceptors (Lipinski definition) is 6. The summed E-state index contributed by atoms with van der Waals surface area (Å²) in [5, 5.41) is 11.0. The molecule has 2 heterocycles. The standard InChI is InChI=1S/C21H23N5O3S/c1-30-15-20-22-18-7-2-3-8-19(18)25(20)14-21(27)24-11-9-23(10-12-24)16-5-4-6-17(13-16)26(28)29/h2-8,13H,9-12,14-15H2,1H3. The summed E-state index contributed by atoms with van der Waals surface area (Å²) in [6.45, 7) is 2.75. The maximum atomic E-state index is 13.0. The van der Waals surface area contributed by atoms with E-state index in [1.807, 2.05) is 46.1 Å². The van der Waals surface area contributed by atoms with Crippen LogP contribution in [0.2, 0.25) is 0 Å². The molecule has 1 amide bonds. The van der Waals surface area contributed by atoms with E-state index in [4.69, 9.17) is 0 Å². The van der Waals surface area contributed by atoms with Crippen molar-refractivity contribution in [2.45, 2.75) is 12.3 Å². The Bertz CT molecular complexity index is 1080. The summed E-state index contributed by atoms with van der Waals surface area (Å²) in [6, 6.07) is 14.5. The third-order valence-electron chi connectivity index (χ3n) is 5.34. The fourth-order valence-corrected chi connectivity index (χ4v) is 4.27. The third kappa shape index (κ3) is 4.11. The van der Waals surface area contributed by atoms with Gasteiger partial charge in [-0.05, 0) is 24.5 Å². The van der Waals surface area contributed by atoms with Crippen molar-refractivity contribution in [3.63, 3.8) is 0 Å². The Morgan fingerprint density at radius 3 is 2.63 bits per heavy atom. The van der Waals surface area contributed by atoms with Crippen LogP contribution in [0.3, 0.4) is 0 Å². The highest BCUT2D eigenvalue weighted by Gasteiger charge is 2.23. The van der Waals surface area contributed by atoms with E-state index in [0.717, 1.165) is 28.3 Å². The van der Waals surface area contributed by atoms with Crippen LogP contribution in [0, 0.1) is 10.1 Å². The molecule has 0 spiro atoms. The number of nitro groups is 1. The predicted octanol–water partition coefficient (Wildman–Crippen LogP) is 3.16. The Hall–Kier alpha value is -3.07. The van der Waals surface area contributed by atoms with Crippen LogP contribution in [-0.2, 0) is 17.1 Å². The first-order valence-electron chi connectivity index (χ1n) is 9.77. The number of carbonyl (C=O) groups is 1. The van der Waals surface area contributed by atoms with Gasteiger partial charge in [-0.25, -0.2) is 4.98 Å². The number of fused-ring (bicyclic) bond motifs is 1. The van der Waals surface area contributed by atoms with Crippen molar-refractivity contribution in [3.8, 4) is 0 Å². The number of rotatable bonds is 6. The van der Waals surface area contributed by atoms with Gasteiger partial charge in [0, 0.05) is 44.0 Å². The molecule has 156 valence electrons. The van der Waals surface area contributed by atoms with Crippen LogP contribution in [0.1, 0.15) is 5.82 Å². The van der Waals surface area contributed by atoms with Crippen molar-refractivity contribution in [3.05, 3.63) is 64.5 Å². The highest BCUT2D eigenvalue weighted by molar-refractivity contribution is 7.97. The van der Waals surface area contributed by atoms with E-state index in [0.29, 0.717) is 26.2 Å².